The van der Waals surface area contributed by atoms with Gasteiger partial charge in [0.2, 0.25) is 0 Å². The molecule has 36 heavy (non-hydrogen) atoms. The van der Waals surface area contributed by atoms with Gasteiger partial charge >= 0.3 is 11.9 Å². The van der Waals surface area contributed by atoms with Crippen molar-refractivity contribution in [2.75, 3.05) is 7.11 Å². The van der Waals surface area contributed by atoms with Crippen molar-refractivity contribution in [1.29, 1.82) is 0 Å². The lowest BCUT2D eigenvalue weighted by atomic mass is 10.0. The van der Waals surface area contributed by atoms with Gasteiger partial charge in [0.25, 0.3) is 0 Å². The molecule has 0 rings (SSSR count). The fraction of sp³-hybridized carbons (Fsp3) is 0.938. The molecule has 0 spiro atoms. The van der Waals surface area contributed by atoms with Crippen molar-refractivity contribution in [3.05, 3.63) is 0 Å². The quantitative estimate of drug-likeness (QED) is 0.0924. The Bertz CT molecular complexity index is 447. The molecule has 0 aromatic carbocycles. The van der Waals surface area contributed by atoms with Crippen molar-refractivity contribution in [3.63, 3.8) is 0 Å². The van der Waals surface area contributed by atoms with Gasteiger partial charge in [0, 0.05) is 6.42 Å². The molecule has 1 unspecified atom stereocenters. The van der Waals surface area contributed by atoms with Crippen LogP contribution in [0, 0.1) is 5.92 Å². The minimum absolute atomic E-state index is 0.0675. The molecule has 216 valence electrons. The number of hydrogen-bond acceptors (Lipinski definition) is 3. The molecule has 1 N–H and O–H groups in total. The SMILES string of the molecule is CCCCCCCCCCCCCC(C)C(=O)O.CCCCCCCCCCCCCCC(=O)OC. The second kappa shape index (κ2) is 32.0. The van der Waals surface area contributed by atoms with Gasteiger partial charge in [0.05, 0.1) is 13.0 Å². The maximum Gasteiger partial charge on any atom is 0.306 e. The molecule has 0 aliphatic rings. The summed E-state index contributed by atoms with van der Waals surface area (Å²) in [4.78, 5) is 21.5. The van der Waals surface area contributed by atoms with Gasteiger partial charge in [-0.3, -0.25) is 9.59 Å². The van der Waals surface area contributed by atoms with Crippen molar-refractivity contribution >= 4 is 11.9 Å². The van der Waals surface area contributed by atoms with E-state index in [4.69, 9.17) is 5.11 Å². The highest BCUT2D eigenvalue weighted by atomic mass is 16.5. The Morgan fingerprint density at radius 1 is 0.556 bits per heavy atom. The highest BCUT2D eigenvalue weighted by molar-refractivity contribution is 5.69. The summed E-state index contributed by atoms with van der Waals surface area (Å²) < 4.78 is 4.61. The number of esters is 1. The predicted octanol–water partition coefficient (Wildman–Crippen LogP) is 10.7. The summed E-state index contributed by atoms with van der Waals surface area (Å²) in [6, 6.07) is 0. The maximum atomic E-state index is 10.9. The van der Waals surface area contributed by atoms with Crippen LogP contribution >= 0.6 is 0 Å². The summed E-state index contributed by atoms with van der Waals surface area (Å²) in [6.45, 7) is 6.32. The number of carboxylic acid groups (broad SMARTS) is 1. The van der Waals surface area contributed by atoms with Crippen molar-refractivity contribution in [2.24, 2.45) is 5.92 Å². The number of carbonyl (C=O) groups excluding carboxylic acids is 1. The van der Waals surface area contributed by atoms with Crippen LogP contribution in [0.1, 0.15) is 181 Å². The number of carboxylic acids is 1. The first-order valence-corrected chi connectivity index (χ1v) is 15.8. The number of ether oxygens (including phenoxy) is 1. The molecule has 0 radical (unpaired) electrons. The molecule has 4 heteroatoms. The number of hydrogen-bond donors (Lipinski definition) is 1. The molecule has 4 nitrogen and oxygen atoms in total. The van der Waals surface area contributed by atoms with Crippen LogP contribution < -0.4 is 0 Å². The predicted molar refractivity (Wildman–Crippen MR) is 156 cm³/mol. The van der Waals surface area contributed by atoms with E-state index in [9.17, 15) is 9.59 Å². The summed E-state index contributed by atoms with van der Waals surface area (Å²) in [5.41, 5.74) is 0. The van der Waals surface area contributed by atoms with Crippen LogP contribution in [0.2, 0.25) is 0 Å². The van der Waals surface area contributed by atoms with Crippen LogP contribution in [-0.2, 0) is 14.3 Å². The molecule has 0 bridgehead atoms. The molecule has 0 aliphatic carbocycles. The average molecular weight is 513 g/mol. The van der Waals surface area contributed by atoms with Gasteiger partial charge in [-0.15, -0.1) is 0 Å². The van der Waals surface area contributed by atoms with Gasteiger partial charge in [-0.25, -0.2) is 0 Å². The van der Waals surface area contributed by atoms with Gasteiger partial charge in [0.1, 0.15) is 0 Å². The average Bonchev–Trinajstić information content (AvgIpc) is 2.87. The first-order valence-electron chi connectivity index (χ1n) is 15.8. The summed E-state index contributed by atoms with van der Waals surface area (Å²) in [5, 5.41) is 8.74. The van der Waals surface area contributed by atoms with Crippen LogP contribution in [0.3, 0.4) is 0 Å². The van der Waals surface area contributed by atoms with E-state index in [1.54, 1.807) is 6.92 Å². The lowest BCUT2D eigenvalue weighted by Crippen LogP contribution is -2.08. The molecular weight excluding hydrogens is 448 g/mol. The number of carbonyl (C=O) groups is 2. The Morgan fingerprint density at radius 3 is 1.17 bits per heavy atom. The summed E-state index contributed by atoms with van der Waals surface area (Å²) in [5.74, 6) is -0.882. The van der Waals surface area contributed by atoms with E-state index in [2.05, 4.69) is 18.6 Å². The van der Waals surface area contributed by atoms with E-state index < -0.39 is 5.97 Å². The summed E-state index contributed by atoms with van der Waals surface area (Å²) in [7, 11) is 1.46. The minimum atomic E-state index is -0.651. The molecule has 0 saturated heterocycles. The molecule has 0 aliphatic heterocycles. The molecule has 0 saturated carbocycles. The van der Waals surface area contributed by atoms with Gasteiger partial charge < -0.3 is 9.84 Å². The molecule has 0 amide bonds. The number of rotatable bonds is 26. The van der Waals surface area contributed by atoms with E-state index >= 15 is 0 Å². The van der Waals surface area contributed by atoms with Crippen molar-refractivity contribution < 1.29 is 19.4 Å². The van der Waals surface area contributed by atoms with Gasteiger partial charge in [-0.2, -0.15) is 0 Å². The second-order valence-corrected chi connectivity index (χ2v) is 10.8. The fourth-order valence-electron chi connectivity index (χ4n) is 4.45. The monoisotopic (exact) mass is 512 g/mol. The summed E-state index contributed by atoms with van der Waals surface area (Å²) >= 11 is 0. The minimum Gasteiger partial charge on any atom is -0.481 e. The Hall–Kier alpha value is -1.06. The Morgan fingerprint density at radius 2 is 0.861 bits per heavy atom. The van der Waals surface area contributed by atoms with Crippen LogP contribution in [0.5, 0.6) is 0 Å². The zero-order chi connectivity index (χ0) is 27.1. The highest BCUT2D eigenvalue weighted by Gasteiger charge is 2.09. The molecule has 0 fully saturated rings. The Kier molecular flexibility index (Phi) is 32.9. The normalized spacial score (nSPS) is 11.6. The lowest BCUT2D eigenvalue weighted by Gasteiger charge is -2.05. The smallest absolute Gasteiger partial charge is 0.306 e. The third-order valence-corrected chi connectivity index (χ3v) is 7.12. The van der Waals surface area contributed by atoms with Gasteiger partial charge in [0.15, 0.2) is 0 Å². The highest BCUT2D eigenvalue weighted by Crippen LogP contribution is 2.14. The maximum absolute atomic E-state index is 10.9. The van der Waals surface area contributed by atoms with Gasteiger partial charge in [-0.05, 0) is 12.8 Å². The molecule has 0 heterocycles. The summed E-state index contributed by atoms with van der Waals surface area (Å²) in [6.07, 6.45) is 31.9. The van der Waals surface area contributed by atoms with Crippen molar-refractivity contribution in [3.8, 4) is 0 Å². The fourth-order valence-corrected chi connectivity index (χ4v) is 4.45. The van der Waals surface area contributed by atoms with Crippen molar-refractivity contribution in [1.82, 2.24) is 0 Å². The number of unbranched alkanes of at least 4 members (excludes halogenated alkanes) is 21. The lowest BCUT2D eigenvalue weighted by molar-refractivity contribution is -0.142. The number of aliphatic carboxylic acids is 1. The molecule has 0 aromatic heterocycles. The van der Waals surface area contributed by atoms with Crippen LogP contribution in [0.4, 0.5) is 0 Å². The molecule has 1 atom stereocenters. The molecule has 0 aromatic rings. The van der Waals surface area contributed by atoms with E-state index in [-0.39, 0.29) is 11.9 Å². The first-order chi connectivity index (χ1) is 17.5. The Balaban J connectivity index is 0. The van der Waals surface area contributed by atoms with E-state index in [0.29, 0.717) is 6.42 Å². The van der Waals surface area contributed by atoms with Crippen molar-refractivity contribution in [2.45, 2.75) is 181 Å². The third kappa shape index (κ3) is 32.9. The van der Waals surface area contributed by atoms with Gasteiger partial charge in [-0.1, -0.05) is 162 Å². The standard InChI is InChI=1S/2C16H32O2/c1-3-4-5-6-7-8-9-10-11-12-13-14-15-16(17)18-2;1-3-4-5-6-7-8-9-10-11-12-13-14-15(2)16(17)18/h3-15H2,1-2H3;15H,3-14H2,1-2H3,(H,17,18). The van der Waals surface area contributed by atoms with Crippen LogP contribution in [0.15, 0.2) is 0 Å². The zero-order valence-corrected chi connectivity index (χ0v) is 24.9. The largest absolute Gasteiger partial charge is 0.481 e. The third-order valence-electron chi connectivity index (χ3n) is 7.12. The number of methoxy groups -OCH3 is 1. The van der Waals surface area contributed by atoms with Crippen LogP contribution in [-0.4, -0.2) is 24.2 Å². The molecular formula is C32H64O4. The van der Waals surface area contributed by atoms with Crippen LogP contribution in [0.25, 0.3) is 0 Å². The van der Waals surface area contributed by atoms with E-state index in [1.807, 2.05) is 0 Å². The topological polar surface area (TPSA) is 63.6 Å². The Labute approximate surface area is 225 Å². The first kappa shape index (κ1) is 37.1. The van der Waals surface area contributed by atoms with E-state index in [0.717, 1.165) is 19.3 Å². The van der Waals surface area contributed by atoms with E-state index in [1.165, 1.54) is 142 Å². The zero-order valence-electron chi connectivity index (χ0n) is 24.9. The second-order valence-electron chi connectivity index (χ2n) is 10.8.